The summed E-state index contributed by atoms with van der Waals surface area (Å²) in [5, 5.41) is 5.91. The van der Waals surface area contributed by atoms with Crippen molar-refractivity contribution in [3.8, 4) is 5.88 Å². The van der Waals surface area contributed by atoms with Crippen LogP contribution in [0.3, 0.4) is 0 Å². The molecule has 23 heavy (non-hydrogen) atoms. The molecule has 2 rings (SSSR count). The zero-order chi connectivity index (χ0) is 16.5. The summed E-state index contributed by atoms with van der Waals surface area (Å²) in [4.78, 5) is 16.2. The highest BCUT2D eigenvalue weighted by Crippen LogP contribution is 2.17. The fraction of sp³-hybridized carbons (Fsp3) is 0.333. The molecule has 0 unspecified atom stereocenters. The predicted octanol–water partition coefficient (Wildman–Crippen LogP) is 3.43. The van der Waals surface area contributed by atoms with Crippen LogP contribution in [0, 0.1) is 0 Å². The van der Waals surface area contributed by atoms with Crippen LogP contribution in [0.15, 0.2) is 48.7 Å². The number of pyridine rings is 1. The second kappa shape index (κ2) is 8.78. The minimum atomic E-state index is -0.178. The summed E-state index contributed by atoms with van der Waals surface area (Å²) in [6.45, 7) is 2.54. The van der Waals surface area contributed by atoms with E-state index in [0.29, 0.717) is 12.4 Å². The molecule has 0 saturated heterocycles. The quantitative estimate of drug-likeness (QED) is 0.823. The maximum absolute atomic E-state index is 12.2. The van der Waals surface area contributed by atoms with Crippen LogP contribution in [0.4, 0.5) is 4.79 Å². The molecule has 0 radical (unpaired) electrons. The van der Waals surface area contributed by atoms with Crippen LogP contribution in [0.1, 0.15) is 36.9 Å². The SMILES string of the molecule is CCC[C@H](NC(=O)NCc1ccnc(OC)c1)c1ccccc1. The summed E-state index contributed by atoms with van der Waals surface area (Å²) in [6.07, 6.45) is 3.57. The van der Waals surface area contributed by atoms with Crippen molar-refractivity contribution in [3.63, 3.8) is 0 Å². The van der Waals surface area contributed by atoms with E-state index < -0.39 is 0 Å². The summed E-state index contributed by atoms with van der Waals surface area (Å²) < 4.78 is 5.08. The molecule has 5 nitrogen and oxygen atoms in total. The Morgan fingerprint density at radius 3 is 2.74 bits per heavy atom. The third-order valence-electron chi connectivity index (χ3n) is 3.55. The molecule has 122 valence electrons. The van der Waals surface area contributed by atoms with Gasteiger partial charge in [0.05, 0.1) is 13.2 Å². The van der Waals surface area contributed by atoms with Gasteiger partial charge < -0.3 is 15.4 Å². The van der Waals surface area contributed by atoms with Crippen molar-refractivity contribution < 1.29 is 9.53 Å². The average molecular weight is 313 g/mol. The largest absolute Gasteiger partial charge is 0.481 e. The summed E-state index contributed by atoms with van der Waals surface area (Å²) in [7, 11) is 1.57. The second-order valence-electron chi connectivity index (χ2n) is 5.29. The van der Waals surface area contributed by atoms with Crippen molar-refractivity contribution in [1.82, 2.24) is 15.6 Å². The first-order valence-corrected chi connectivity index (χ1v) is 7.81. The van der Waals surface area contributed by atoms with Crippen molar-refractivity contribution in [2.45, 2.75) is 32.4 Å². The average Bonchev–Trinajstić information content (AvgIpc) is 2.60. The van der Waals surface area contributed by atoms with Gasteiger partial charge in [-0.15, -0.1) is 0 Å². The minimum absolute atomic E-state index is 0.0215. The Balaban J connectivity index is 1.91. The number of amides is 2. The molecular formula is C18H23N3O2. The molecule has 1 aromatic carbocycles. The molecule has 0 fully saturated rings. The number of nitrogens with zero attached hydrogens (tertiary/aromatic N) is 1. The molecule has 1 aromatic heterocycles. The summed E-state index contributed by atoms with van der Waals surface area (Å²) in [6, 6.07) is 13.5. The number of aromatic nitrogens is 1. The van der Waals surface area contributed by atoms with Gasteiger partial charge in [-0.2, -0.15) is 0 Å². The molecule has 0 aliphatic rings. The highest BCUT2D eigenvalue weighted by atomic mass is 16.5. The first-order valence-electron chi connectivity index (χ1n) is 7.81. The Morgan fingerprint density at radius 2 is 2.04 bits per heavy atom. The van der Waals surface area contributed by atoms with Gasteiger partial charge in [0.1, 0.15) is 0 Å². The van der Waals surface area contributed by atoms with Gasteiger partial charge in [0, 0.05) is 18.8 Å². The first-order chi connectivity index (χ1) is 11.2. The Morgan fingerprint density at radius 1 is 1.26 bits per heavy atom. The zero-order valence-electron chi connectivity index (χ0n) is 13.6. The second-order valence-corrected chi connectivity index (χ2v) is 5.29. The van der Waals surface area contributed by atoms with E-state index in [2.05, 4.69) is 22.5 Å². The lowest BCUT2D eigenvalue weighted by atomic mass is 10.0. The molecule has 2 aromatic rings. The van der Waals surface area contributed by atoms with E-state index in [0.717, 1.165) is 24.0 Å². The van der Waals surface area contributed by atoms with Crippen LogP contribution in [-0.4, -0.2) is 18.1 Å². The smallest absolute Gasteiger partial charge is 0.315 e. The van der Waals surface area contributed by atoms with Crippen LogP contribution in [0.25, 0.3) is 0 Å². The number of hydrogen-bond acceptors (Lipinski definition) is 3. The molecule has 0 aliphatic carbocycles. The van der Waals surface area contributed by atoms with E-state index >= 15 is 0 Å². The molecule has 2 N–H and O–H groups in total. The molecule has 0 saturated carbocycles. The van der Waals surface area contributed by atoms with Crippen molar-refractivity contribution in [2.75, 3.05) is 7.11 Å². The van der Waals surface area contributed by atoms with Gasteiger partial charge in [-0.25, -0.2) is 9.78 Å². The fourth-order valence-electron chi connectivity index (χ4n) is 2.36. The number of carbonyl (C=O) groups excluding carboxylic acids is 1. The maximum atomic E-state index is 12.2. The number of benzene rings is 1. The lowest BCUT2D eigenvalue weighted by molar-refractivity contribution is 0.236. The Kier molecular flexibility index (Phi) is 6.41. The molecule has 0 bridgehead atoms. The molecule has 5 heteroatoms. The van der Waals surface area contributed by atoms with Crippen LogP contribution in [-0.2, 0) is 6.54 Å². The maximum Gasteiger partial charge on any atom is 0.315 e. The number of methoxy groups -OCH3 is 1. The highest BCUT2D eigenvalue weighted by molar-refractivity contribution is 5.74. The van der Waals surface area contributed by atoms with E-state index in [4.69, 9.17) is 4.74 Å². The van der Waals surface area contributed by atoms with Crippen LogP contribution in [0.2, 0.25) is 0 Å². The highest BCUT2D eigenvalue weighted by Gasteiger charge is 2.13. The number of carbonyl (C=O) groups is 1. The topological polar surface area (TPSA) is 63.2 Å². The van der Waals surface area contributed by atoms with Crippen molar-refractivity contribution in [1.29, 1.82) is 0 Å². The monoisotopic (exact) mass is 313 g/mol. The van der Waals surface area contributed by atoms with Crippen LogP contribution < -0.4 is 15.4 Å². The third kappa shape index (κ3) is 5.29. The van der Waals surface area contributed by atoms with E-state index in [9.17, 15) is 4.79 Å². The van der Waals surface area contributed by atoms with Crippen LogP contribution in [0.5, 0.6) is 5.88 Å². The molecule has 1 atom stereocenters. The van der Waals surface area contributed by atoms with Gasteiger partial charge in [-0.3, -0.25) is 0 Å². The first kappa shape index (κ1) is 16.8. The fourth-order valence-corrected chi connectivity index (χ4v) is 2.36. The van der Waals surface area contributed by atoms with Gasteiger partial charge in [0.2, 0.25) is 5.88 Å². The third-order valence-corrected chi connectivity index (χ3v) is 3.55. The van der Waals surface area contributed by atoms with E-state index in [1.165, 1.54) is 0 Å². The van der Waals surface area contributed by atoms with Crippen molar-refractivity contribution >= 4 is 6.03 Å². The van der Waals surface area contributed by atoms with Gasteiger partial charge >= 0.3 is 6.03 Å². The standard InChI is InChI=1S/C18H23N3O2/c1-3-7-16(15-8-5-4-6-9-15)21-18(22)20-13-14-10-11-19-17(12-14)23-2/h4-6,8-12,16H,3,7,13H2,1-2H3,(H2,20,21,22)/t16-/m0/s1. The predicted molar refractivity (Wildman–Crippen MR) is 90.3 cm³/mol. The molecule has 0 aliphatic heterocycles. The number of rotatable bonds is 7. The van der Waals surface area contributed by atoms with Crippen LogP contribution >= 0.6 is 0 Å². The van der Waals surface area contributed by atoms with E-state index in [1.54, 1.807) is 19.4 Å². The summed E-state index contributed by atoms with van der Waals surface area (Å²) in [5.74, 6) is 0.540. The summed E-state index contributed by atoms with van der Waals surface area (Å²) >= 11 is 0. The van der Waals surface area contributed by atoms with Gasteiger partial charge in [0.15, 0.2) is 0 Å². The molecule has 0 spiro atoms. The van der Waals surface area contributed by atoms with Crippen molar-refractivity contribution in [2.24, 2.45) is 0 Å². The number of urea groups is 1. The molecule has 1 heterocycles. The van der Waals surface area contributed by atoms with Gasteiger partial charge in [0.25, 0.3) is 0 Å². The Bertz CT molecular complexity index is 617. The number of hydrogen-bond donors (Lipinski definition) is 2. The molecule has 2 amide bonds. The Hall–Kier alpha value is -2.56. The molecular weight excluding hydrogens is 290 g/mol. The van der Waals surface area contributed by atoms with E-state index in [1.807, 2.05) is 36.4 Å². The zero-order valence-corrected chi connectivity index (χ0v) is 13.6. The van der Waals surface area contributed by atoms with E-state index in [-0.39, 0.29) is 12.1 Å². The van der Waals surface area contributed by atoms with Crippen molar-refractivity contribution in [3.05, 3.63) is 59.8 Å². The lowest BCUT2D eigenvalue weighted by Crippen LogP contribution is -2.37. The van der Waals surface area contributed by atoms with Gasteiger partial charge in [-0.1, -0.05) is 43.7 Å². The number of ether oxygens (including phenoxy) is 1. The number of nitrogens with one attached hydrogen (secondary N) is 2. The Labute approximate surface area is 137 Å². The van der Waals surface area contributed by atoms with Gasteiger partial charge in [-0.05, 0) is 23.6 Å². The normalized spacial score (nSPS) is 11.6. The summed E-state index contributed by atoms with van der Waals surface area (Å²) in [5.41, 5.74) is 2.06. The minimum Gasteiger partial charge on any atom is -0.481 e. The lowest BCUT2D eigenvalue weighted by Gasteiger charge is -2.19.